The third-order valence-electron chi connectivity index (χ3n) is 3.63. The second-order valence-electron chi connectivity index (χ2n) is 5.60. The summed E-state index contributed by atoms with van der Waals surface area (Å²) in [6.07, 6.45) is 1.84. The fourth-order valence-corrected chi connectivity index (χ4v) is 2.37. The molecule has 1 N–H and O–H groups in total. The molecule has 1 fully saturated rings. The first kappa shape index (κ1) is 16.7. The fraction of sp³-hybridized carbons (Fsp3) is 0.733. The predicted molar refractivity (Wildman–Crippen MR) is 76.2 cm³/mol. The van der Waals surface area contributed by atoms with Gasteiger partial charge in [-0.05, 0) is 46.7 Å². The highest BCUT2D eigenvalue weighted by atomic mass is 16.6. The molecule has 0 aliphatic carbocycles. The van der Waals surface area contributed by atoms with Gasteiger partial charge in [-0.1, -0.05) is 6.58 Å². The molecule has 0 aromatic rings. The summed E-state index contributed by atoms with van der Waals surface area (Å²) < 4.78 is 10.3. The molecule has 1 rings (SSSR count). The van der Waals surface area contributed by atoms with Crippen LogP contribution in [-0.4, -0.2) is 37.2 Å². The molecule has 1 heterocycles. The Morgan fingerprint density at radius 3 is 2.45 bits per heavy atom. The Labute approximate surface area is 120 Å². The number of carbonyl (C=O) groups is 2. The maximum absolute atomic E-state index is 12.0. The van der Waals surface area contributed by atoms with Gasteiger partial charge in [-0.3, -0.25) is 4.79 Å². The third kappa shape index (κ3) is 4.96. The second kappa shape index (κ2) is 7.43. The Morgan fingerprint density at radius 2 is 1.90 bits per heavy atom. The minimum absolute atomic E-state index is 0.116. The molecule has 1 saturated heterocycles. The van der Waals surface area contributed by atoms with E-state index in [2.05, 4.69) is 11.9 Å². The summed E-state index contributed by atoms with van der Waals surface area (Å²) in [6.45, 7) is 11.3. The highest BCUT2D eigenvalue weighted by Gasteiger charge is 2.34. The van der Waals surface area contributed by atoms with E-state index >= 15 is 0 Å². The summed E-state index contributed by atoms with van der Waals surface area (Å²) in [4.78, 5) is 23.3. The summed E-state index contributed by atoms with van der Waals surface area (Å²) in [7, 11) is 0. The zero-order valence-corrected chi connectivity index (χ0v) is 12.7. The lowest BCUT2D eigenvalue weighted by atomic mass is 9.83. The zero-order valence-electron chi connectivity index (χ0n) is 12.7. The smallest absolute Gasteiger partial charge is 0.334 e. The summed E-state index contributed by atoms with van der Waals surface area (Å²) in [5.41, 5.74) is -0.401. The normalized spacial score (nSPS) is 16.6. The Morgan fingerprint density at radius 1 is 1.30 bits per heavy atom. The molecule has 5 nitrogen and oxygen atoms in total. The van der Waals surface area contributed by atoms with Crippen LogP contribution < -0.4 is 5.32 Å². The van der Waals surface area contributed by atoms with Crippen LogP contribution in [0.2, 0.25) is 0 Å². The van der Waals surface area contributed by atoms with Gasteiger partial charge in [0.05, 0.1) is 13.0 Å². The van der Waals surface area contributed by atoms with E-state index in [0.717, 1.165) is 25.9 Å². The molecule has 114 valence electrons. The highest BCUT2D eigenvalue weighted by molar-refractivity contribution is 5.93. The molecule has 0 aromatic heterocycles. The van der Waals surface area contributed by atoms with E-state index in [0.29, 0.717) is 12.5 Å². The van der Waals surface area contributed by atoms with Crippen molar-refractivity contribution in [1.82, 2.24) is 5.32 Å². The second-order valence-corrected chi connectivity index (χ2v) is 5.60. The Bertz CT molecular complexity index is 370. The molecule has 0 amide bonds. The largest absolute Gasteiger partial charge is 0.466 e. The molecule has 1 aliphatic rings. The zero-order chi connectivity index (χ0) is 15.2. The summed E-state index contributed by atoms with van der Waals surface area (Å²) in [5, 5.41) is 3.28. The molecule has 1 aliphatic heterocycles. The summed E-state index contributed by atoms with van der Waals surface area (Å²) >= 11 is 0. The van der Waals surface area contributed by atoms with E-state index in [1.54, 1.807) is 6.92 Å². The Balaban J connectivity index is 2.50. The van der Waals surface area contributed by atoms with Gasteiger partial charge in [0, 0.05) is 11.5 Å². The first-order chi connectivity index (χ1) is 9.36. The minimum atomic E-state index is -0.545. The molecular formula is C15H25NO4. The van der Waals surface area contributed by atoms with Crippen molar-refractivity contribution in [2.24, 2.45) is 5.92 Å². The fourth-order valence-electron chi connectivity index (χ4n) is 2.37. The lowest BCUT2D eigenvalue weighted by Crippen LogP contribution is -2.43. The molecule has 0 bridgehead atoms. The van der Waals surface area contributed by atoms with Gasteiger partial charge in [-0.15, -0.1) is 0 Å². The predicted octanol–water partition coefficient (Wildman–Crippen LogP) is 1.82. The van der Waals surface area contributed by atoms with Crippen molar-refractivity contribution in [1.29, 1.82) is 0 Å². The van der Waals surface area contributed by atoms with Crippen LogP contribution in [0.15, 0.2) is 12.2 Å². The lowest BCUT2D eigenvalue weighted by molar-refractivity contribution is -0.159. The molecule has 0 radical (unpaired) electrons. The maximum atomic E-state index is 12.0. The monoisotopic (exact) mass is 283 g/mol. The van der Waals surface area contributed by atoms with E-state index in [1.807, 2.05) is 13.8 Å². The molecule has 0 spiro atoms. The van der Waals surface area contributed by atoms with E-state index in [9.17, 15) is 9.59 Å². The van der Waals surface area contributed by atoms with Crippen LogP contribution in [0.1, 0.15) is 40.0 Å². The standard InChI is InChI=1S/C15H25NO4/c1-5-19-13(17)10-11(2)14(18)20-15(3,4)12-6-8-16-9-7-12/h12,16H,2,5-10H2,1,3-4H3. The third-order valence-corrected chi connectivity index (χ3v) is 3.63. The van der Waals surface area contributed by atoms with Crippen molar-refractivity contribution >= 4 is 11.9 Å². The van der Waals surface area contributed by atoms with E-state index in [-0.39, 0.29) is 12.0 Å². The number of hydrogen-bond acceptors (Lipinski definition) is 5. The Kier molecular flexibility index (Phi) is 6.20. The van der Waals surface area contributed by atoms with Crippen LogP contribution in [0.3, 0.4) is 0 Å². The average molecular weight is 283 g/mol. The van der Waals surface area contributed by atoms with Gasteiger partial charge in [0.2, 0.25) is 0 Å². The minimum Gasteiger partial charge on any atom is -0.466 e. The van der Waals surface area contributed by atoms with Crippen LogP contribution >= 0.6 is 0 Å². The number of piperidine rings is 1. The first-order valence-corrected chi connectivity index (χ1v) is 7.14. The lowest BCUT2D eigenvalue weighted by Gasteiger charge is -2.36. The van der Waals surface area contributed by atoms with Gasteiger partial charge in [0.1, 0.15) is 5.60 Å². The van der Waals surface area contributed by atoms with Gasteiger partial charge in [-0.25, -0.2) is 4.79 Å². The van der Waals surface area contributed by atoms with Crippen LogP contribution in [-0.2, 0) is 19.1 Å². The quantitative estimate of drug-likeness (QED) is 0.595. The van der Waals surface area contributed by atoms with Crippen molar-refractivity contribution in [2.45, 2.75) is 45.6 Å². The van der Waals surface area contributed by atoms with Crippen molar-refractivity contribution in [3.8, 4) is 0 Å². The average Bonchev–Trinajstić information content (AvgIpc) is 2.39. The molecular weight excluding hydrogens is 258 g/mol. The van der Waals surface area contributed by atoms with Crippen molar-refractivity contribution in [2.75, 3.05) is 19.7 Å². The number of hydrogen-bond donors (Lipinski definition) is 1. The summed E-state index contributed by atoms with van der Waals surface area (Å²) in [5.74, 6) is -0.640. The van der Waals surface area contributed by atoms with Crippen LogP contribution in [0.5, 0.6) is 0 Å². The molecule has 0 saturated carbocycles. The van der Waals surface area contributed by atoms with E-state index < -0.39 is 17.5 Å². The van der Waals surface area contributed by atoms with Crippen molar-refractivity contribution < 1.29 is 19.1 Å². The number of carbonyl (C=O) groups excluding carboxylic acids is 2. The van der Waals surface area contributed by atoms with Crippen LogP contribution in [0.25, 0.3) is 0 Å². The first-order valence-electron chi connectivity index (χ1n) is 7.14. The number of nitrogens with one attached hydrogen (secondary N) is 1. The van der Waals surface area contributed by atoms with Gasteiger partial charge in [0.25, 0.3) is 0 Å². The van der Waals surface area contributed by atoms with Gasteiger partial charge in [0.15, 0.2) is 0 Å². The van der Waals surface area contributed by atoms with Gasteiger partial charge in [-0.2, -0.15) is 0 Å². The maximum Gasteiger partial charge on any atom is 0.334 e. The van der Waals surface area contributed by atoms with Gasteiger partial charge < -0.3 is 14.8 Å². The number of esters is 2. The molecule has 0 unspecified atom stereocenters. The van der Waals surface area contributed by atoms with Gasteiger partial charge >= 0.3 is 11.9 Å². The van der Waals surface area contributed by atoms with Crippen molar-refractivity contribution in [3.63, 3.8) is 0 Å². The summed E-state index contributed by atoms with van der Waals surface area (Å²) in [6, 6.07) is 0. The van der Waals surface area contributed by atoms with Crippen LogP contribution in [0, 0.1) is 5.92 Å². The Hall–Kier alpha value is -1.36. The highest BCUT2D eigenvalue weighted by Crippen LogP contribution is 2.29. The number of rotatable bonds is 6. The van der Waals surface area contributed by atoms with E-state index in [1.165, 1.54) is 0 Å². The van der Waals surface area contributed by atoms with E-state index in [4.69, 9.17) is 9.47 Å². The van der Waals surface area contributed by atoms with Crippen molar-refractivity contribution in [3.05, 3.63) is 12.2 Å². The molecule has 0 aromatic carbocycles. The SMILES string of the molecule is C=C(CC(=O)OCC)C(=O)OC(C)(C)C1CCNCC1. The van der Waals surface area contributed by atoms with Crippen LogP contribution in [0.4, 0.5) is 0 Å². The molecule has 0 atom stereocenters. The topological polar surface area (TPSA) is 64.6 Å². The molecule has 20 heavy (non-hydrogen) atoms. The number of ether oxygens (including phenoxy) is 2. The molecule has 5 heteroatoms.